The predicted molar refractivity (Wildman–Crippen MR) is 174 cm³/mol. The molecule has 0 saturated carbocycles. The molecule has 16 heteroatoms. The first-order valence-corrected chi connectivity index (χ1v) is 15.3. The number of phenols is 1. The molecular weight excluding hydrogens is 620 g/mol. The zero-order chi connectivity index (χ0) is 34.6. The number of nitrogens with zero attached hydrogens (tertiary/aromatic N) is 3. The molecule has 0 fully saturated rings. The van der Waals surface area contributed by atoms with Crippen molar-refractivity contribution in [2.75, 3.05) is 6.54 Å². The van der Waals surface area contributed by atoms with Gasteiger partial charge in [-0.25, -0.2) is 9.78 Å². The van der Waals surface area contributed by atoms with Crippen LogP contribution in [0.4, 0.5) is 4.79 Å². The fourth-order valence-electron chi connectivity index (χ4n) is 5.27. The van der Waals surface area contributed by atoms with Gasteiger partial charge in [0, 0.05) is 32.0 Å². The summed E-state index contributed by atoms with van der Waals surface area (Å²) in [5, 5.41) is 41.4. The number of nitrogens with two attached hydrogens (primary N) is 1. The first-order chi connectivity index (χ1) is 23.0. The van der Waals surface area contributed by atoms with Crippen LogP contribution in [0.1, 0.15) is 58.5 Å². The normalized spacial score (nSPS) is 12.8. The number of phenolic OH excluding ortho intramolecular Hbond substituents is 1. The number of carboxylic acid groups (broad SMARTS) is 1. The van der Waals surface area contributed by atoms with E-state index in [1.165, 1.54) is 6.33 Å². The molecule has 2 heterocycles. The predicted octanol–water partition coefficient (Wildman–Crippen LogP) is 1.73. The molecule has 4 rings (SSSR count). The minimum Gasteiger partial charge on any atom is -0.508 e. The van der Waals surface area contributed by atoms with E-state index < -0.39 is 36.0 Å². The number of aromatic amines is 1. The van der Waals surface area contributed by atoms with Gasteiger partial charge in [-0.3, -0.25) is 15.0 Å². The first kappa shape index (κ1) is 34.9. The van der Waals surface area contributed by atoms with E-state index in [4.69, 9.17) is 15.7 Å². The SMILES string of the molecule is Cc1cc(O)cc(C)c1C[C@H](NC(=O)[C@@H](CCCNC(=N)N)NC(=O)O)C(=O)N[C@@H](Cc1c[nH]cn1)c1nc(Cc2ccccc2)no1. The molecule has 254 valence electrons. The van der Waals surface area contributed by atoms with Gasteiger partial charge >= 0.3 is 6.09 Å². The van der Waals surface area contributed by atoms with E-state index in [2.05, 4.69) is 41.4 Å². The highest BCUT2D eigenvalue weighted by atomic mass is 16.5. The van der Waals surface area contributed by atoms with Crippen molar-refractivity contribution in [2.45, 2.75) is 64.1 Å². The topological polar surface area (TPSA) is 257 Å². The molecule has 10 N–H and O–H groups in total. The van der Waals surface area contributed by atoms with Crippen LogP contribution in [0.15, 0.2) is 59.5 Å². The molecule has 2 aromatic heterocycles. The molecule has 0 aliphatic heterocycles. The monoisotopic (exact) mass is 660 g/mol. The number of amides is 3. The minimum absolute atomic E-state index is 0.0272. The standard InChI is InChI=1S/C32H40N10O6/c1-18-11-22(43)12-19(2)23(18)15-25(38-28(44)24(40-32(46)47)9-6-10-36-31(33)34)29(45)39-26(14-21-16-35-17-37-21)30-41-27(42-48-30)13-20-7-4-3-5-8-20/h3-5,7-8,11-12,16-17,24-26,40,43H,6,9-10,13-15H2,1-2H3,(H,35,37)(H,38,44)(H,39,45)(H,46,47)(H4,33,34,36)/t24-,25+,26+/m1/s1. The van der Waals surface area contributed by atoms with Crippen molar-refractivity contribution in [1.29, 1.82) is 5.41 Å². The molecule has 0 unspecified atom stereocenters. The number of H-pyrrole nitrogens is 1. The molecule has 3 amide bonds. The van der Waals surface area contributed by atoms with E-state index in [0.29, 0.717) is 41.1 Å². The van der Waals surface area contributed by atoms with Crippen LogP contribution in [-0.2, 0) is 28.9 Å². The second-order valence-electron chi connectivity index (χ2n) is 11.3. The van der Waals surface area contributed by atoms with E-state index in [0.717, 1.165) is 5.56 Å². The summed E-state index contributed by atoms with van der Waals surface area (Å²) in [4.78, 5) is 50.9. The van der Waals surface area contributed by atoms with Gasteiger partial charge < -0.3 is 46.7 Å². The Morgan fingerprint density at radius 2 is 1.73 bits per heavy atom. The van der Waals surface area contributed by atoms with Crippen LogP contribution in [0.2, 0.25) is 0 Å². The third-order valence-electron chi connectivity index (χ3n) is 7.59. The van der Waals surface area contributed by atoms with E-state index in [1.54, 1.807) is 32.2 Å². The van der Waals surface area contributed by atoms with Crippen molar-refractivity contribution in [3.8, 4) is 5.75 Å². The van der Waals surface area contributed by atoms with Gasteiger partial charge in [0.25, 0.3) is 0 Å². The lowest BCUT2D eigenvalue weighted by atomic mass is 9.95. The Balaban J connectivity index is 1.60. The zero-order valence-electron chi connectivity index (χ0n) is 26.6. The number of benzene rings is 2. The fraction of sp³-hybridized carbons (Fsp3) is 0.344. The van der Waals surface area contributed by atoms with E-state index in [9.17, 15) is 24.6 Å². The van der Waals surface area contributed by atoms with Crippen LogP contribution in [0.5, 0.6) is 5.75 Å². The van der Waals surface area contributed by atoms with Crippen LogP contribution in [0.3, 0.4) is 0 Å². The van der Waals surface area contributed by atoms with Crippen molar-refractivity contribution < 1.29 is 29.1 Å². The Kier molecular flexibility index (Phi) is 12.1. The van der Waals surface area contributed by atoms with Gasteiger partial charge in [-0.2, -0.15) is 4.98 Å². The fourth-order valence-corrected chi connectivity index (χ4v) is 5.27. The molecule has 48 heavy (non-hydrogen) atoms. The lowest BCUT2D eigenvalue weighted by Crippen LogP contribution is -2.55. The molecule has 3 atom stereocenters. The second-order valence-corrected chi connectivity index (χ2v) is 11.3. The molecule has 2 aromatic carbocycles. The number of rotatable bonds is 16. The lowest BCUT2D eigenvalue weighted by molar-refractivity contribution is -0.130. The number of imidazole rings is 1. The number of aryl methyl sites for hydroxylation is 2. The third kappa shape index (κ3) is 10.3. The summed E-state index contributed by atoms with van der Waals surface area (Å²) in [6.07, 6.45) is 2.76. The van der Waals surface area contributed by atoms with Gasteiger partial charge in [0.15, 0.2) is 11.8 Å². The van der Waals surface area contributed by atoms with Gasteiger partial charge in [0.05, 0.1) is 12.0 Å². The lowest BCUT2D eigenvalue weighted by Gasteiger charge is -2.25. The number of hydrogen-bond acceptors (Lipinski definition) is 9. The summed E-state index contributed by atoms with van der Waals surface area (Å²) >= 11 is 0. The molecule has 0 aliphatic rings. The van der Waals surface area contributed by atoms with Crippen LogP contribution in [-0.4, -0.2) is 72.8 Å². The first-order valence-electron chi connectivity index (χ1n) is 15.3. The Hall–Kier alpha value is -5.93. The number of carbonyl (C=O) groups excluding carboxylic acids is 2. The van der Waals surface area contributed by atoms with Crippen LogP contribution in [0.25, 0.3) is 0 Å². The van der Waals surface area contributed by atoms with E-state index >= 15 is 0 Å². The molecular formula is C32H40N10O6. The maximum atomic E-state index is 14.1. The van der Waals surface area contributed by atoms with Crippen molar-refractivity contribution in [2.24, 2.45) is 5.73 Å². The third-order valence-corrected chi connectivity index (χ3v) is 7.59. The highest BCUT2D eigenvalue weighted by Crippen LogP contribution is 2.23. The van der Waals surface area contributed by atoms with Crippen molar-refractivity contribution in [1.82, 2.24) is 41.4 Å². The number of aromatic nitrogens is 4. The van der Waals surface area contributed by atoms with Crippen LogP contribution < -0.4 is 27.0 Å². The van der Waals surface area contributed by atoms with Crippen molar-refractivity contribution in [3.05, 3.63) is 94.7 Å². The molecule has 0 bridgehead atoms. The maximum Gasteiger partial charge on any atom is 0.405 e. The van der Waals surface area contributed by atoms with Crippen molar-refractivity contribution >= 4 is 23.9 Å². The van der Waals surface area contributed by atoms with Gasteiger partial charge in [0.2, 0.25) is 17.7 Å². The molecule has 0 aliphatic carbocycles. The van der Waals surface area contributed by atoms with Crippen molar-refractivity contribution in [3.63, 3.8) is 0 Å². The quantitative estimate of drug-likeness (QED) is 0.0475. The van der Waals surface area contributed by atoms with Gasteiger partial charge in [-0.05, 0) is 61.1 Å². The second kappa shape index (κ2) is 16.6. The summed E-state index contributed by atoms with van der Waals surface area (Å²) in [6, 6.07) is 9.49. The summed E-state index contributed by atoms with van der Waals surface area (Å²) in [7, 11) is 0. The summed E-state index contributed by atoms with van der Waals surface area (Å²) in [5.74, 6) is -0.948. The maximum absolute atomic E-state index is 14.1. The molecule has 0 saturated heterocycles. The molecule has 0 radical (unpaired) electrons. The number of aromatic hydroxyl groups is 1. The summed E-state index contributed by atoms with van der Waals surface area (Å²) < 4.78 is 5.60. The number of guanidine groups is 1. The zero-order valence-corrected chi connectivity index (χ0v) is 26.6. The highest BCUT2D eigenvalue weighted by molar-refractivity contribution is 5.91. The Morgan fingerprint density at radius 1 is 1.02 bits per heavy atom. The number of carbonyl (C=O) groups is 3. The molecule has 16 nitrogen and oxygen atoms in total. The minimum atomic E-state index is -1.41. The summed E-state index contributed by atoms with van der Waals surface area (Å²) in [6.45, 7) is 3.80. The Morgan fingerprint density at radius 3 is 2.38 bits per heavy atom. The smallest absolute Gasteiger partial charge is 0.405 e. The Labute approximate surface area is 276 Å². The average molecular weight is 661 g/mol. The van der Waals surface area contributed by atoms with Crippen LogP contribution in [0, 0.1) is 19.3 Å². The highest BCUT2D eigenvalue weighted by Gasteiger charge is 2.31. The summed E-state index contributed by atoms with van der Waals surface area (Å²) in [5.41, 5.74) is 9.02. The van der Waals surface area contributed by atoms with Gasteiger partial charge in [-0.15, -0.1) is 0 Å². The number of nitrogens with one attached hydrogen (secondary N) is 6. The average Bonchev–Trinajstić information content (AvgIpc) is 3.72. The van der Waals surface area contributed by atoms with Gasteiger partial charge in [-0.1, -0.05) is 35.5 Å². The largest absolute Gasteiger partial charge is 0.508 e. The van der Waals surface area contributed by atoms with E-state index in [-0.39, 0.29) is 43.4 Å². The number of hydrogen-bond donors (Lipinski definition) is 9. The van der Waals surface area contributed by atoms with Crippen LogP contribution >= 0.6 is 0 Å². The Bertz CT molecular complexity index is 1670. The molecule has 0 spiro atoms. The van der Waals surface area contributed by atoms with E-state index in [1.807, 2.05) is 30.3 Å². The molecule has 4 aromatic rings. The van der Waals surface area contributed by atoms with Gasteiger partial charge in [0.1, 0.15) is 23.9 Å².